The van der Waals surface area contributed by atoms with Crippen molar-refractivity contribution in [3.05, 3.63) is 73.0 Å². The van der Waals surface area contributed by atoms with E-state index in [9.17, 15) is 0 Å². The summed E-state index contributed by atoms with van der Waals surface area (Å²) in [5.74, 6) is 2.52. The van der Waals surface area contributed by atoms with Crippen LogP contribution in [0.2, 0.25) is 0 Å². The molecule has 0 spiro atoms. The Morgan fingerprint density at radius 3 is 2.62 bits per heavy atom. The summed E-state index contributed by atoms with van der Waals surface area (Å²) < 4.78 is 2.17. The highest BCUT2D eigenvalue weighted by atomic mass is 15.3. The second-order valence-corrected chi connectivity index (χ2v) is 8.09. The van der Waals surface area contributed by atoms with Crippen molar-refractivity contribution in [2.45, 2.75) is 37.8 Å². The zero-order valence-electron chi connectivity index (χ0n) is 16.1. The summed E-state index contributed by atoms with van der Waals surface area (Å²) in [7, 11) is 0. The molecule has 1 atom stereocenters. The van der Waals surface area contributed by atoms with Gasteiger partial charge in [0.05, 0.1) is 6.04 Å². The summed E-state index contributed by atoms with van der Waals surface area (Å²) in [4.78, 5) is 11.5. The van der Waals surface area contributed by atoms with Crippen LogP contribution in [-0.2, 0) is 0 Å². The topological polar surface area (TPSA) is 59.7 Å². The second-order valence-electron chi connectivity index (χ2n) is 8.09. The zero-order valence-corrected chi connectivity index (χ0v) is 16.1. The quantitative estimate of drug-likeness (QED) is 0.660. The van der Waals surface area contributed by atoms with E-state index in [2.05, 4.69) is 55.1 Å². The van der Waals surface area contributed by atoms with Gasteiger partial charge < -0.3 is 9.47 Å². The molecule has 2 saturated carbocycles. The maximum Gasteiger partial charge on any atom is 0.182 e. The van der Waals surface area contributed by atoms with Gasteiger partial charge in [-0.05, 0) is 67.0 Å². The third kappa shape index (κ3) is 3.14. The van der Waals surface area contributed by atoms with E-state index < -0.39 is 0 Å². The largest absolute Gasteiger partial charge is 0.325 e. The Balaban J connectivity index is 1.39. The summed E-state index contributed by atoms with van der Waals surface area (Å²) in [5, 5.41) is 8.50. The highest BCUT2D eigenvalue weighted by molar-refractivity contribution is 5.78. The summed E-state index contributed by atoms with van der Waals surface area (Å²) in [6.07, 6.45) is 17.3. The summed E-state index contributed by atoms with van der Waals surface area (Å²) in [6, 6.07) is 11.2. The second kappa shape index (κ2) is 6.65. The normalized spacial score (nSPS) is 21.3. The fourth-order valence-corrected chi connectivity index (χ4v) is 4.07. The van der Waals surface area contributed by atoms with Crippen molar-refractivity contribution < 1.29 is 0 Å². The number of aromatic nitrogens is 5. The summed E-state index contributed by atoms with van der Waals surface area (Å²) in [5.41, 5.74) is 3.23. The number of pyridine rings is 2. The first-order valence-corrected chi connectivity index (χ1v) is 10.3. The number of hydrogen-bond acceptors (Lipinski definition) is 5. The molecular weight excluding hydrogens is 360 g/mol. The molecule has 144 valence electrons. The van der Waals surface area contributed by atoms with Crippen molar-refractivity contribution in [1.82, 2.24) is 24.7 Å². The highest BCUT2D eigenvalue weighted by Gasteiger charge is 2.35. The third-order valence-corrected chi connectivity index (χ3v) is 5.93. The van der Waals surface area contributed by atoms with Crippen molar-refractivity contribution >= 4 is 11.4 Å². The van der Waals surface area contributed by atoms with Gasteiger partial charge in [0.2, 0.25) is 0 Å². The lowest BCUT2D eigenvalue weighted by Crippen LogP contribution is -2.33. The molecule has 0 bridgehead atoms. The molecule has 3 aliphatic rings. The number of hydrogen-bond donors (Lipinski definition) is 0. The van der Waals surface area contributed by atoms with Crippen LogP contribution < -0.4 is 4.90 Å². The van der Waals surface area contributed by atoms with Crippen LogP contribution in [0.25, 0.3) is 17.1 Å². The lowest BCUT2D eigenvalue weighted by Gasteiger charge is -2.31. The molecule has 29 heavy (non-hydrogen) atoms. The van der Waals surface area contributed by atoms with Crippen molar-refractivity contribution in [2.24, 2.45) is 5.92 Å². The molecule has 0 radical (unpaired) electrons. The molecule has 1 unspecified atom stereocenters. The molecule has 0 amide bonds. The van der Waals surface area contributed by atoms with E-state index in [4.69, 9.17) is 4.98 Å². The van der Waals surface area contributed by atoms with Gasteiger partial charge in [0.25, 0.3) is 0 Å². The molecule has 4 heterocycles. The number of allylic oxidation sites excluding steroid dienone is 2. The van der Waals surface area contributed by atoms with Gasteiger partial charge >= 0.3 is 0 Å². The molecule has 3 aromatic rings. The Labute approximate surface area is 169 Å². The van der Waals surface area contributed by atoms with E-state index in [-0.39, 0.29) is 0 Å². The third-order valence-electron chi connectivity index (χ3n) is 5.93. The van der Waals surface area contributed by atoms with Crippen LogP contribution in [0.15, 0.2) is 67.4 Å². The van der Waals surface area contributed by atoms with Gasteiger partial charge in [0.1, 0.15) is 17.8 Å². The van der Waals surface area contributed by atoms with E-state index in [0.29, 0.717) is 18.0 Å². The number of nitrogens with zero attached hydrogens (tertiary/aromatic N) is 6. The van der Waals surface area contributed by atoms with Gasteiger partial charge in [0.15, 0.2) is 5.82 Å². The van der Waals surface area contributed by atoms with Gasteiger partial charge in [0, 0.05) is 24.6 Å². The average Bonchev–Trinajstić information content (AvgIpc) is 3.73. The molecule has 0 N–H and O–H groups in total. The summed E-state index contributed by atoms with van der Waals surface area (Å²) in [6.45, 7) is 0. The molecule has 3 aromatic heterocycles. The Kier molecular flexibility index (Phi) is 3.82. The minimum atomic E-state index is 0.352. The van der Waals surface area contributed by atoms with Crippen LogP contribution >= 0.6 is 0 Å². The molecule has 0 aromatic carbocycles. The Bertz CT molecular complexity index is 1090. The van der Waals surface area contributed by atoms with Crippen molar-refractivity contribution in [3.63, 3.8) is 0 Å². The minimum absolute atomic E-state index is 0.352. The fourth-order valence-electron chi connectivity index (χ4n) is 4.07. The van der Waals surface area contributed by atoms with Gasteiger partial charge in [-0.1, -0.05) is 18.2 Å². The maximum atomic E-state index is 5.01. The van der Waals surface area contributed by atoms with Gasteiger partial charge in [-0.25, -0.2) is 4.98 Å². The number of rotatable bonds is 5. The van der Waals surface area contributed by atoms with Gasteiger partial charge in [-0.3, -0.25) is 4.98 Å². The van der Waals surface area contributed by atoms with Crippen LogP contribution in [0.1, 0.15) is 37.3 Å². The number of anilines is 1. The van der Waals surface area contributed by atoms with E-state index in [1.54, 1.807) is 0 Å². The van der Waals surface area contributed by atoms with Gasteiger partial charge in [-0.15, -0.1) is 10.2 Å². The molecule has 2 aliphatic carbocycles. The van der Waals surface area contributed by atoms with Crippen LogP contribution in [0.3, 0.4) is 0 Å². The van der Waals surface area contributed by atoms with E-state index in [1.165, 1.54) is 36.8 Å². The predicted molar refractivity (Wildman–Crippen MR) is 112 cm³/mol. The predicted octanol–water partition coefficient (Wildman–Crippen LogP) is 4.27. The Morgan fingerprint density at radius 1 is 0.966 bits per heavy atom. The Morgan fingerprint density at radius 2 is 1.83 bits per heavy atom. The summed E-state index contributed by atoms with van der Waals surface area (Å²) >= 11 is 0. The molecule has 0 saturated heterocycles. The molecule has 6 heteroatoms. The van der Waals surface area contributed by atoms with Crippen LogP contribution in [0.4, 0.5) is 5.82 Å². The van der Waals surface area contributed by atoms with Crippen molar-refractivity contribution in [3.8, 4) is 11.5 Å². The average molecular weight is 382 g/mol. The first kappa shape index (κ1) is 16.7. The minimum Gasteiger partial charge on any atom is -0.325 e. The molecule has 6 nitrogen and oxygen atoms in total. The maximum absolute atomic E-state index is 5.01. The molecule has 2 fully saturated rings. The van der Waals surface area contributed by atoms with Crippen LogP contribution in [0.5, 0.6) is 0 Å². The van der Waals surface area contributed by atoms with Crippen molar-refractivity contribution in [2.75, 3.05) is 4.90 Å². The standard InChI is InChI=1S/C23H22N6/c1-2-20(23-27-25-15-29(23)19-7-8-19)26-22(3-1)28-14-18(16-10-12-24-13-11-16)6-9-21(28)17-4-5-17/h1-3,6,9-15,17,19,21H,4-5,7-8H2. The molecule has 6 rings (SSSR count). The van der Waals surface area contributed by atoms with Crippen LogP contribution in [0, 0.1) is 5.92 Å². The monoisotopic (exact) mass is 382 g/mol. The lowest BCUT2D eigenvalue weighted by molar-refractivity contribution is 0.672. The van der Waals surface area contributed by atoms with Crippen molar-refractivity contribution in [1.29, 1.82) is 0 Å². The fraction of sp³-hybridized carbons (Fsp3) is 0.304. The van der Waals surface area contributed by atoms with E-state index in [1.807, 2.05) is 36.9 Å². The molecule has 1 aliphatic heterocycles. The molecular formula is C23H22N6. The first-order valence-electron chi connectivity index (χ1n) is 10.3. The highest BCUT2D eigenvalue weighted by Crippen LogP contribution is 2.41. The first-order chi connectivity index (χ1) is 14.4. The lowest BCUT2D eigenvalue weighted by atomic mass is 10.0. The Hall–Kier alpha value is -3.28. The van der Waals surface area contributed by atoms with E-state index >= 15 is 0 Å². The van der Waals surface area contributed by atoms with Gasteiger partial charge in [-0.2, -0.15) is 0 Å². The zero-order chi connectivity index (χ0) is 19.2. The van der Waals surface area contributed by atoms with Crippen LogP contribution in [-0.4, -0.2) is 30.8 Å². The smallest absolute Gasteiger partial charge is 0.182 e. The van der Waals surface area contributed by atoms with E-state index in [0.717, 1.165) is 17.3 Å². The SMILES string of the molecule is C1=CC(C2CC2)N(c2cccc(-c3nncn3C3CC3)n2)C=C1c1ccncc1.